The van der Waals surface area contributed by atoms with Gasteiger partial charge >= 0.3 is 26.8 Å². The molecule has 0 bridgehead atoms. The van der Waals surface area contributed by atoms with Gasteiger partial charge in [-0.2, -0.15) is 16.8 Å². The molecule has 20 heteroatoms. The Morgan fingerprint density at radius 3 is 1.56 bits per heavy atom. The van der Waals surface area contributed by atoms with Crippen LogP contribution in [0.5, 0.6) is 23.0 Å². The molecule has 2 aromatic rings. The fourth-order valence-corrected chi connectivity index (χ4v) is 10.5. The minimum absolute atomic E-state index is 0.0176. The fourth-order valence-electron chi connectivity index (χ4n) is 9.75. The first-order valence-electron chi connectivity index (χ1n) is 24.0. The SMILES string of the molecule is CC(C)=CCC/C(C)=C/CC[C@@]1(C)Oc2c(c(OS(=O)(=O)O)cc3c2CN(CCC[C@@H](C(=O)O)N2Cc4c(cc(OS(=O)(=O)O)c5c4O[C@](C)(CC/C=C(\C)CCC=C(C)C)[C@@H](O)C5)C2=O)C3=O)C[C@@H]1O. The van der Waals surface area contributed by atoms with E-state index in [-0.39, 0.29) is 90.4 Å². The Labute approximate surface area is 416 Å². The molecule has 2 aromatic carbocycles. The number of allylic oxidation sites excluding steroid dienone is 8. The summed E-state index contributed by atoms with van der Waals surface area (Å²) in [5, 5.41) is 33.4. The van der Waals surface area contributed by atoms with Gasteiger partial charge < -0.3 is 43.0 Å². The van der Waals surface area contributed by atoms with E-state index in [2.05, 4.69) is 24.3 Å². The summed E-state index contributed by atoms with van der Waals surface area (Å²) in [7, 11) is -10.2. The van der Waals surface area contributed by atoms with Gasteiger partial charge in [0.1, 0.15) is 28.7 Å². The van der Waals surface area contributed by atoms with Gasteiger partial charge in [-0.25, -0.2) is 4.79 Å². The van der Waals surface area contributed by atoms with Crippen LogP contribution in [0.4, 0.5) is 0 Å². The van der Waals surface area contributed by atoms with Crippen molar-refractivity contribution in [2.75, 3.05) is 6.54 Å². The first-order valence-corrected chi connectivity index (χ1v) is 26.7. The van der Waals surface area contributed by atoms with E-state index in [1.165, 1.54) is 27.7 Å². The van der Waals surface area contributed by atoms with E-state index in [0.717, 1.165) is 42.2 Å². The molecule has 5 atom stereocenters. The second-order valence-electron chi connectivity index (χ2n) is 20.2. The lowest BCUT2D eigenvalue weighted by atomic mass is 9.84. The van der Waals surface area contributed by atoms with E-state index in [4.69, 9.17) is 17.8 Å². The van der Waals surface area contributed by atoms with Crippen LogP contribution in [-0.2, 0) is 51.5 Å². The lowest BCUT2D eigenvalue weighted by molar-refractivity contribution is -0.142. The van der Waals surface area contributed by atoms with Crippen LogP contribution < -0.4 is 17.8 Å². The molecule has 0 aliphatic carbocycles. The summed E-state index contributed by atoms with van der Waals surface area (Å²) in [6.07, 6.45) is 11.0. The third kappa shape index (κ3) is 13.2. The quantitative estimate of drug-likeness (QED) is 0.0553. The maximum atomic E-state index is 14.2. The molecule has 0 fully saturated rings. The Morgan fingerprint density at radius 1 is 0.704 bits per heavy atom. The summed E-state index contributed by atoms with van der Waals surface area (Å²) >= 11 is 0. The first kappa shape index (κ1) is 55.1. The molecule has 4 aliphatic rings. The molecule has 0 saturated carbocycles. The van der Waals surface area contributed by atoms with Crippen molar-refractivity contribution in [3.63, 3.8) is 0 Å². The number of hydrogen-bond acceptors (Lipinski definition) is 13. The standard InChI is InChI=1S/C51H68N2O16S2/c1-30(2)14-9-16-32(5)18-11-21-50(7)43(54)26-36-41(68-70(60,61)62)24-34-38(45(36)66-50)28-52(47(34)56)23-13-20-40(49(58)59)53-29-39-35(48(53)57)25-42(69-71(63,64)65)37-27-44(55)51(8,67-46(37)39)22-12-19-33(6)17-10-15-31(3)4/h14-15,18-19,24-25,40,43-44,54-55H,9-13,16-17,20-23,26-29H2,1-8H3,(H,58,59)(H,60,61,62)(H,63,64,65)/b32-18+,33-19+/t40-,43-,44-,50+,51+/m0/s1. The van der Waals surface area contributed by atoms with Crippen LogP contribution in [0.3, 0.4) is 0 Å². The molecule has 2 amide bonds. The van der Waals surface area contributed by atoms with Gasteiger partial charge in [0, 0.05) is 41.6 Å². The number of fused-ring (bicyclic) bond motifs is 6. The van der Waals surface area contributed by atoms with Gasteiger partial charge in [-0.15, -0.1) is 0 Å². The van der Waals surface area contributed by atoms with Gasteiger partial charge in [0.05, 0.1) is 36.4 Å². The number of carbonyl (C=O) groups excluding carboxylic acids is 2. The molecule has 0 saturated heterocycles. The van der Waals surface area contributed by atoms with Crippen molar-refractivity contribution in [2.45, 2.75) is 175 Å². The van der Waals surface area contributed by atoms with Gasteiger partial charge in [-0.3, -0.25) is 18.7 Å². The Bertz CT molecular complexity index is 2770. The zero-order chi connectivity index (χ0) is 52.4. The average Bonchev–Trinajstić information content (AvgIpc) is 3.74. The van der Waals surface area contributed by atoms with Gasteiger partial charge in [0.2, 0.25) is 0 Å². The highest BCUT2D eigenvalue weighted by Crippen LogP contribution is 2.49. The molecule has 4 aliphatic heterocycles. The lowest BCUT2D eigenvalue weighted by Gasteiger charge is -2.41. The largest absolute Gasteiger partial charge is 0.484 e. The molecule has 0 radical (unpaired) electrons. The van der Waals surface area contributed by atoms with Crippen LogP contribution in [0.1, 0.15) is 163 Å². The van der Waals surface area contributed by atoms with Gasteiger partial charge in [0.25, 0.3) is 11.8 Å². The predicted octanol–water partition coefficient (Wildman–Crippen LogP) is 7.95. The van der Waals surface area contributed by atoms with Crippen LogP contribution in [0.2, 0.25) is 0 Å². The van der Waals surface area contributed by atoms with E-state index < -0.39 is 73.8 Å². The van der Waals surface area contributed by atoms with Gasteiger partial charge in [0.15, 0.2) is 11.5 Å². The molecular weight excluding hydrogens is 961 g/mol. The zero-order valence-corrected chi connectivity index (χ0v) is 43.4. The summed E-state index contributed by atoms with van der Waals surface area (Å²) in [5.41, 5.74) is 3.18. The van der Waals surface area contributed by atoms with E-state index in [0.29, 0.717) is 31.2 Å². The second kappa shape index (κ2) is 21.8. The lowest BCUT2D eigenvalue weighted by Crippen LogP contribution is -2.49. The number of aliphatic carboxylic acids is 1. The molecule has 5 N–H and O–H groups in total. The number of nitrogens with zero attached hydrogens (tertiary/aromatic N) is 2. The van der Waals surface area contributed by atoms with Crippen molar-refractivity contribution in [1.29, 1.82) is 0 Å². The van der Waals surface area contributed by atoms with Crippen LogP contribution in [-0.4, -0.2) is 105 Å². The van der Waals surface area contributed by atoms with Crippen molar-refractivity contribution >= 4 is 38.6 Å². The minimum atomic E-state index is -5.12. The average molecular weight is 1030 g/mol. The van der Waals surface area contributed by atoms with E-state index >= 15 is 0 Å². The van der Waals surface area contributed by atoms with Crippen LogP contribution in [0.25, 0.3) is 0 Å². The summed E-state index contributed by atoms with van der Waals surface area (Å²) in [5.74, 6) is -3.33. The number of amides is 2. The Morgan fingerprint density at radius 2 is 1.14 bits per heavy atom. The Hall–Kier alpha value is -5.25. The second-order valence-corrected chi connectivity index (χ2v) is 22.2. The molecule has 4 heterocycles. The Kier molecular flexibility index (Phi) is 16.9. The van der Waals surface area contributed by atoms with Crippen molar-refractivity contribution < 1.29 is 73.5 Å². The van der Waals surface area contributed by atoms with Gasteiger partial charge in [-0.05, 0) is 132 Å². The summed E-state index contributed by atoms with van der Waals surface area (Å²) < 4.78 is 90.3. The maximum absolute atomic E-state index is 14.2. The predicted molar refractivity (Wildman–Crippen MR) is 263 cm³/mol. The highest BCUT2D eigenvalue weighted by molar-refractivity contribution is 7.81. The molecular formula is C51H68N2O16S2. The molecule has 71 heavy (non-hydrogen) atoms. The van der Waals surface area contributed by atoms with Crippen LogP contribution >= 0.6 is 0 Å². The third-order valence-corrected chi connectivity index (χ3v) is 14.6. The molecule has 390 valence electrons. The van der Waals surface area contributed by atoms with Crippen LogP contribution in [0, 0.1) is 0 Å². The number of aliphatic hydroxyl groups excluding tert-OH is 2. The smallest absolute Gasteiger partial charge is 0.446 e. The number of benzene rings is 2. The Balaban J connectivity index is 1.20. The molecule has 0 unspecified atom stereocenters. The number of carboxylic acid groups (broad SMARTS) is 1. The summed E-state index contributed by atoms with van der Waals surface area (Å²) in [6.45, 7) is 15.3. The number of ether oxygens (including phenoxy) is 2. The molecule has 6 rings (SSSR count). The molecule has 0 aromatic heterocycles. The summed E-state index contributed by atoms with van der Waals surface area (Å²) in [4.78, 5) is 43.7. The van der Waals surface area contributed by atoms with Crippen molar-refractivity contribution in [2.24, 2.45) is 0 Å². The first-order chi connectivity index (χ1) is 33.1. The van der Waals surface area contributed by atoms with Crippen molar-refractivity contribution in [3.8, 4) is 23.0 Å². The van der Waals surface area contributed by atoms with E-state index in [1.807, 2.05) is 41.5 Å². The minimum Gasteiger partial charge on any atom is -0.484 e. The third-order valence-electron chi connectivity index (χ3n) is 13.9. The highest BCUT2D eigenvalue weighted by atomic mass is 32.3. The van der Waals surface area contributed by atoms with E-state index in [9.17, 15) is 55.6 Å². The number of carbonyl (C=O) groups is 3. The molecule has 18 nitrogen and oxygen atoms in total. The summed E-state index contributed by atoms with van der Waals surface area (Å²) in [6, 6.07) is 0.826. The number of carboxylic acids is 1. The van der Waals surface area contributed by atoms with Crippen molar-refractivity contribution in [1.82, 2.24) is 9.80 Å². The molecule has 0 spiro atoms. The fraction of sp³-hybridized carbons (Fsp3) is 0.549. The monoisotopic (exact) mass is 1030 g/mol. The number of aliphatic hydroxyl groups is 2. The topological polar surface area (TPSA) is 264 Å². The number of hydrogen-bond donors (Lipinski definition) is 5. The number of rotatable bonds is 22. The normalized spacial score (nSPS) is 22.4. The van der Waals surface area contributed by atoms with Crippen LogP contribution in [0.15, 0.2) is 58.7 Å². The highest BCUT2D eigenvalue weighted by Gasteiger charge is 2.48. The van der Waals surface area contributed by atoms with Gasteiger partial charge in [-0.1, -0.05) is 46.6 Å². The maximum Gasteiger partial charge on any atom is 0.446 e. The van der Waals surface area contributed by atoms with Crippen molar-refractivity contribution in [3.05, 3.63) is 92.1 Å². The zero-order valence-electron chi connectivity index (χ0n) is 41.7. The van der Waals surface area contributed by atoms with E-state index in [1.54, 1.807) is 13.8 Å².